The minimum Gasteiger partial charge on any atom is -0.378 e. The number of morpholine rings is 1. The fraction of sp³-hybridized carbons (Fsp3) is 0.500. The minimum absolute atomic E-state index is 0.0811. The maximum atomic E-state index is 12.1. The second-order valence-corrected chi connectivity index (χ2v) is 5.37. The van der Waals surface area contributed by atoms with Crippen LogP contribution in [0.25, 0.3) is 0 Å². The Morgan fingerprint density at radius 2 is 1.95 bits per heavy atom. The van der Waals surface area contributed by atoms with Gasteiger partial charge in [0.2, 0.25) is 5.91 Å². The predicted molar refractivity (Wildman–Crippen MR) is 86.7 cm³/mol. The van der Waals surface area contributed by atoms with Crippen LogP contribution in [0.4, 0.5) is 0 Å². The zero-order chi connectivity index (χ0) is 15.8. The molecule has 0 spiro atoms. The molecular weight excluding hydrogens is 280 g/mol. The summed E-state index contributed by atoms with van der Waals surface area (Å²) in [6.07, 6.45) is 0. The van der Waals surface area contributed by atoms with Crippen LogP contribution in [-0.2, 0) is 16.1 Å². The molecule has 1 aliphatic heterocycles. The summed E-state index contributed by atoms with van der Waals surface area (Å²) >= 11 is 0. The van der Waals surface area contributed by atoms with Gasteiger partial charge in [-0.25, -0.2) is 4.99 Å². The molecule has 0 radical (unpaired) electrons. The summed E-state index contributed by atoms with van der Waals surface area (Å²) in [5.74, 6) is 0.794. The fourth-order valence-electron chi connectivity index (χ4n) is 2.18. The third-order valence-electron chi connectivity index (χ3n) is 3.44. The summed E-state index contributed by atoms with van der Waals surface area (Å²) in [5, 5.41) is 3.13. The van der Waals surface area contributed by atoms with Crippen LogP contribution in [0.1, 0.15) is 5.56 Å². The summed E-state index contributed by atoms with van der Waals surface area (Å²) in [5.41, 5.74) is 1.14. The monoisotopic (exact) mass is 304 g/mol. The molecule has 2 rings (SSSR count). The van der Waals surface area contributed by atoms with Gasteiger partial charge >= 0.3 is 0 Å². The van der Waals surface area contributed by atoms with Crippen LogP contribution < -0.4 is 5.32 Å². The van der Waals surface area contributed by atoms with Crippen molar-refractivity contribution in [2.24, 2.45) is 4.99 Å². The largest absolute Gasteiger partial charge is 0.378 e. The van der Waals surface area contributed by atoms with Crippen molar-refractivity contribution in [1.29, 1.82) is 0 Å². The van der Waals surface area contributed by atoms with E-state index >= 15 is 0 Å². The number of ether oxygens (including phenoxy) is 1. The van der Waals surface area contributed by atoms with E-state index in [-0.39, 0.29) is 12.5 Å². The summed E-state index contributed by atoms with van der Waals surface area (Å²) in [7, 11) is 3.83. The molecule has 0 bridgehead atoms. The van der Waals surface area contributed by atoms with E-state index in [1.54, 1.807) is 0 Å². The van der Waals surface area contributed by atoms with E-state index < -0.39 is 0 Å². The lowest BCUT2D eigenvalue weighted by Crippen LogP contribution is -2.47. The molecule has 6 heteroatoms. The highest BCUT2D eigenvalue weighted by Gasteiger charge is 2.17. The Kier molecular flexibility index (Phi) is 6.21. The Morgan fingerprint density at radius 3 is 2.59 bits per heavy atom. The summed E-state index contributed by atoms with van der Waals surface area (Å²) in [6, 6.07) is 10.1. The van der Waals surface area contributed by atoms with Gasteiger partial charge in [0.05, 0.1) is 26.3 Å². The number of amides is 1. The molecule has 0 unspecified atom stereocenters. The van der Waals surface area contributed by atoms with Crippen LogP contribution in [0.3, 0.4) is 0 Å². The third-order valence-corrected chi connectivity index (χ3v) is 3.44. The maximum Gasteiger partial charge on any atom is 0.242 e. The van der Waals surface area contributed by atoms with Crippen molar-refractivity contribution < 1.29 is 9.53 Å². The number of guanidine groups is 1. The number of carbonyl (C=O) groups excluding carboxylic acids is 1. The lowest BCUT2D eigenvalue weighted by molar-refractivity contribution is -0.134. The average Bonchev–Trinajstić information content (AvgIpc) is 2.56. The van der Waals surface area contributed by atoms with Crippen molar-refractivity contribution in [1.82, 2.24) is 15.1 Å². The van der Waals surface area contributed by atoms with Gasteiger partial charge in [0.1, 0.15) is 0 Å². The van der Waals surface area contributed by atoms with Crippen molar-refractivity contribution in [2.75, 3.05) is 46.9 Å². The standard InChI is InChI=1S/C16H24N4O2/c1-19(2)16(17-12-14-6-4-3-5-7-14)18-13-15(21)20-8-10-22-11-9-20/h3-7H,8-13H2,1-2H3,(H,17,18). The topological polar surface area (TPSA) is 57.2 Å². The van der Waals surface area contributed by atoms with Gasteiger partial charge in [-0.2, -0.15) is 0 Å². The van der Waals surface area contributed by atoms with Crippen molar-refractivity contribution in [2.45, 2.75) is 6.54 Å². The lowest BCUT2D eigenvalue weighted by atomic mass is 10.2. The van der Waals surface area contributed by atoms with E-state index in [9.17, 15) is 4.79 Å². The zero-order valence-electron chi connectivity index (χ0n) is 13.3. The molecule has 1 heterocycles. The Bertz CT molecular complexity index is 496. The molecule has 0 saturated carbocycles. The van der Waals surface area contributed by atoms with Gasteiger partial charge in [0.25, 0.3) is 0 Å². The van der Waals surface area contributed by atoms with Gasteiger partial charge < -0.3 is 19.9 Å². The first-order chi connectivity index (χ1) is 10.7. The van der Waals surface area contributed by atoms with E-state index in [4.69, 9.17) is 4.74 Å². The molecule has 1 fully saturated rings. The first-order valence-electron chi connectivity index (χ1n) is 7.52. The Hall–Kier alpha value is -2.08. The lowest BCUT2D eigenvalue weighted by Gasteiger charge is -2.27. The molecule has 120 valence electrons. The normalized spacial score (nSPS) is 15.5. The molecule has 1 saturated heterocycles. The number of benzene rings is 1. The Balaban J connectivity index is 1.87. The molecule has 1 amide bonds. The van der Waals surface area contributed by atoms with Crippen molar-refractivity contribution in [3.05, 3.63) is 35.9 Å². The SMILES string of the molecule is CN(C)C(=NCc1ccccc1)NCC(=O)N1CCOCC1. The molecule has 22 heavy (non-hydrogen) atoms. The van der Waals surface area contributed by atoms with E-state index in [0.717, 1.165) is 5.56 Å². The van der Waals surface area contributed by atoms with Gasteiger partial charge in [0, 0.05) is 27.2 Å². The number of aliphatic imine (C=N–C) groups is 1. The van der Waals surface area contributed by atoms with Crippen LogP contribution in [0.2, 0.25) is 0 Å². The van der Waals surface area contributed by atoms with Crippen LogP contribution >= 0.6 is 0 Å². The van der Waals surface area contributed by atoms with Crippen LogP contribution in [0.5, 0.6) is 0 Å². The predicted octanol–water partition coefficient (Wildman–Crippen LogP) is 0.553. The van der Waals surface area contributed by atoms with Gasteiger partial charge in [-0.3, -0.25) is 4.79 Å². The highest BCUT2D eigenvalue weighted by molar-refractivity contribution is 5.86. The Morgan fingerprint density at radius 1 is 1.27 bits per heavy atom. The third kappa shape index (κ3) is 5.04. The highest BCUT2D eigenvalue weighted by Crippen LogP contribution is 2.01. The molecule has 0 aromatic heterocycles. The quantitative estimate of drug-likeness (QED) is 0.652. The summed E-state index contributed by atoms with van der Waals surface area (Å²) in [4.78, 5) is 20.4. The molecular formula is C16H24N4O2. The molecule has 1 aromatic carbocycles. The minimum atomic E-state index is 0.0811. The average molecular weight is 304 g/mol. The molecule has 6 nitrogen and oxygen atoms in total. The fourth-order valence-corrected chi connectivity index (χ4v) is 2.18. The molecule has 1 N–H and O–H groups in total. The smallest absolute Gasteiger partial charge is 0.242 e. The zero-order valence-corrected chi connectivity index (χ0v) is 13.3. The van der Waals surface area contributed by atoms with Gasteiger partial charge in [-0.15, -0.1) is 0 Å². The van der Waals surface area contributed by atoms with E-state index in [2.05, 4.69) is 10.3 Å². The first kappa shape index (κ1) is 16.3. The van der Waals surface area contributed by atoms with Gasteiger partial charge in [-0.1, -0.05) is 30.3 Å². The number of carbonyl (C=O) groups is 1. The van der Waals surface area contributed by atoms with E-state index in [1.807, 2.05) is 54.2 Å². The number of rotatable bonds is 4. The molecule has 0 atom stereocenters. The molecule has 1 aromatic rings. The summed E-state index contributed by atoms with van der Waals surface area (Å²) in [6.45, 7) is 3.42. The number of hydrogen-bond donors (Lipinski definition) is 1. The highest BCUT2D eigenvalue weighted by atomic mass is 16.5. The van der Waals surface area contributed by atoms with E-state index in [1.165, 1.54) is 0 Å². The maximum absolute atomic E-state index is 12.1. The second-order valence-electron chi connectivity index (χ2n) is 5.37. The van der Waals surface area contributed by atoms with Crippen molar-refractivity contribution in [3.8, 4) is 0 Å². The van der Waals surface area contributed by atoms with Crippen LogP contribution in [0.15, 0.2) is 35.3 Å². The van der Waals surface area contributed by atoms with Crippen LogP contribution in [-0.4, -0.2) is 68.6 Å². The van der Waals surface area contributed by atoms with E-state index in [0.29, 0.717) is 38.8 Å². The number of nitrogens with one attached hydrogen (secondary N) is 1. The van der Waals surface area contributed by atoms with Crippen LogP contribution in [0, 0.1) is 0 Å². The summed E-state index contributed by atoms with van der Waals surface area (Å²) < 4.78 is 5.25. The second kappa shape index (κ2) is 8.38. The first-order valence-corrected chi connectivity index (χ1v) is 7.52. The number of hydrogen-bond acceptors (Lipinski definition) is 3. The molecule has 1 aliphatic rings. The van der Waals surface area contributed by atoms with Crippen molar-refractivity contribution >= 4 is 11.9 Å². The molecule has 0 aliphatic carbocycles. The number of nitrogens with zero attached hydrogens (tertiary/aromatic N) is 3. The Labute approximate surface area is 131 Å². The van der Waals surface area contributed by atoms with Gasteiger partial charge in [-0.05, 0) is 5.56 Å². The van der Waals surface area contributed by atoms with Crippen molar-refractivity contribution in [3.63, 3.8) is 0 Å². The van der Waals surface area contributed by atoms with Gasteiger partial charge in [0.15, 0.2) is 5.96 Å².